The second kappa shape index (κ2) is 6.20. The molecular weight excluding hydrogens is 341 g/mol. The average Bonchev–Trinajstić information content (AvgIpc) is 3.10. The molecule has 136 valence electrons. The number of carboxylic acids is 1. The maximum absolute atomic E-state index is 12.6. The summed E-state index contributed by atoms with van der Waals surface area (Å²) in [6.45, 7) is -1.08. The van der Waals surface area contributed by atoms with E-state index in [2.05, 4.69) is 9.72 Å². The van der Waals surface area contributed by atoms with Crippen LogP contribution in [0.15, 0.2) is 18.2 Å². The Morgan fingerprint density at radius 3 is 2.80 bits per heavy atom. The molecular formula is C16H17F3N2O4. The third kappa shape index (κ3) is 3.40. The summed E-state index contributed by atoms with van der Waals surface area (Å²) in [4.78, 5) is 29.5. The third-order valence-corrected chi connectivity index (χ3v) is 4.91. The van der Waals surface area contributed by atoms with Crippen LogP contribution in [0.25, 0.3) is 0 Å². The molecule has 1 aliphatic carbocycles. The second-order valence-corrected chi connectivity index (χ2v) is 6.50. The fraction of sp³-hybridized carbons (Fsp3) is 0.562. The average molecular weight is 358 g/mol. The number of nitrogens with zero attached hydrogens (tertiary/aromatic N) is 2. The number of aromatic nitrogens is 1. The van der Waals surface area contributed by atoms with Gasteiger partial charge >= 0.3 is 12.1 Å². The first-order chi connectivity index (χ1) is 11.7. The van der Waals surface area contributed by atoms with Gasteiger partial charge in [0.15, 0.2) is 6.61 Å². The van der Waals surface area contributed by atoms with Gasteiger partial charge in [0.1, 0.15) is 5.69 Å². The zero-order valence-electron chi connectivity index (χ0n) is 13.3. The van der Waals surface area contributed by atoms with E-state index < -0.39 is 30.1 Å². The summed E-state index contributed by atoms with van der Waals surface area (Å²) in [6, 6.07) is 4.00. The minimum absolute atomic E-state index is 0.0554. The normalized spacial score (nSPS) is 25.7. The number of carbonyl (C=O) groups is 2. The number of likely N-dealkylation sites (tertiary alicyclic amines) is 1. The van der Waals surface area contributed by atoms with Crippen LogP contribution < -0.4 is 4.74 Å². The van der Waals surface area contributed by atoms with Crippen LogP contribution in [0.1, 0.15) is 29.8 Å². The van der Waals surface area contributed by atoms with Gasteiger partial charge in [-0.25, -0.2) is 4.98 Å². The van der Waals surface area contributed by atoms with Crippen LogP contribution >= 0.6 is 0 Å². The second-order valence-electron chi connectivity index (χ2n) is 6.50. The summed E-state index contributed by atoms with van der Waals surface area (Å²) in [5.41, 5.74) is -0.972. The summed E-state index contributed by atoms with van der Waals surface area (Å²) in [6.07, 6.45) is -2.41. The van der Waals surface area contributed by atoms with E-state index >= 15 is 0 Å². The van der Waals surface area contributed by atoms with Crippen LogP contribution in [0, 0.1) is 11.3 Å². The molecule has 0 unspecified atom stereocenters. The van der Waals surface area contributed by atoms with Crippen molar-refractivity contribution >= 4 is 11.9 Å². The predicted octanol–water partition coefficient (Wildman–Crippen LogP) is 2.35. The van der Waals surface area contributed by atoms with Gasteiger partial charge in [-0.05, 0) is 24.8 Å². The van der Waals surface area contributed by atoms with Gasteiger partial charge < -0.3 is 14.7 Å². The number of pyridine rings is 1. The molecule has 2 heterocycles. The van der Waals surface area contributed by atoms with Gasteiger partial charge in [0.25, 0.3) is 5.91 Å². The molecule has 2 fully saturated rings. The number of ether oxygens (including phenoxy) is 1. The van der Waals surface area contributed by atoms with Crippen LogP contribution in [0.3, 0.4) is 0 Å². The standard InChI is InChI=1S/C16H17F3N2O4/c17-16(18,19)9-25-12-5-1-4-11(20-12)13(22)21-7-10-3-2-6-15(10,8-21)14(23)24/h1,4-5,10H,2-3,6-9H2,(H,23,24)/t10-,15+/m0/s1. The third-order valence-electron chi connectivity index (χ3n) is 4.91. The lowest BCUT2D eigenvalue weighted by molar-refractivity contribution is -0.154. The maximum Gasteiger partial charge on any atom is 0.422 e. The smallest absolute Gasteiger partial charge is 0.422 e. The van der Waals surface area contributed by atoms with Crippen LogP contribution in [0.5, 0.6) is 5.88 Å². The Bertz CT molecular complexity index is 694. The Hall–Kier alpha value is -2.32. The number of aliphatic carboxylic acids is 1. The Balaban J connectivity index is 1.73. The molecule has 25 heavy (non-hydrogen) atoms. The van der Waals surface area contributed by atoms with E-state index in [0.29, 0.717) is 13.0 Å². The maximum atomic E-state index is 12.6. The Labute approximate surface area is 141 Å². The molecule has 0 spiro atoms. The fourth-order valence-electron chi connectivity index (χ4n) is 3.73. The van der Waals surface area contributed by atoms with Gasteiger partial charge in [0.2, 0.25) is 5.88 Å². The van der Waals surface area contributed by atoms with Crippen LogP contribution in [0.4, 0.5) is 13.2 Å². The molecule has 1 N–H and O–H groups in total. The first-order valence-electron chi connectivity index (χ1n) is 7.90. The molecule has 2 atom stereocenters. The summed E-state index contributed by atoms with van der Waals surface area (Å²) in [5.74, 6) is -1.79. The number of amides is 1. The van der Waals surface area contributed by atoms with Crippen molar-refractivity contribution in [3.63, 3.8) is 0 Å². The van der Waals surface area contributed by atoms with E-state index in [1.165, 1.54) is 23.1 Å². The van der Waals surface area contributed by atoms with Gasteiger partial charge in [-0.2, -0.15) is 13.2 Å². The van der Waals surface area contributed by atoms with E-state index in [0.717, 1.165) is 12.8 Å². The number of fused-ring (bicyclic) bond motifs is 1. The highest BCUT2D eigenvalue weighted by molar-refractivity contribution is 5.93. The minimum atomic E-state index is -4.50. The van der Waals surface area contributed by atoms with E-state index in [-0.39, 0.29) is 24.0 Å². The van der Waals surface area contributed by atoms with Crippen LogP contribution in [0.2, 0.25) is 0 Å². The number of carboxylic acid groups (broad SMARTS) is 1. The van der Waals surface area contributed by atoms with Crippen molar-refractivity contribution in [3.8, 4) is 5.88 Å². The molecule has 1 saturated carbocycles. The Kier molecular flexibility index (Phi) is 4.34. The zero-order chi connectivity index (χ0) is 18.2. The molecule has 1 saturated heterocycles. The molecule has 2 aliphatic rings. The zero-order valence-corrected chi connectivity index (χ0v) is 13.3. The molecule has 0 radical (unpaired) electrons. The lowest BCUT2D eigenvalue weighted by atomic mass is 9.81. The van der Waals surface area contributed by atoms with Crippen molar-refractivity contribution in [2.45, 2.75) is 25.4 Å². The van der Waals surface area contributed by atoms with Crippen molar-refractivity contribution in [2.24, 2.45) is 11.3 Å². The summed E-state index contributed by atoms with van der Waals surface area (Å²) in [7, 11) is 0. The van der Waals surface area contributed by atoms with Crippen molar-refractivity contribution in [3.05, 3.63) is 23.9 Å². The van der Waals surface area contributed by atoms with E-state index in [9.17, 15) is 27.9 Å². The van der Waals surface area contributed by atoms with Gasteiger partial charge in [-0.1, -0.05) is 12.5 Å². The SMILES string of the molecule is O=C(c1cccc(OCC(F)(F)F)n1)N1C[C@@H]2CCC[C@@]2(C(=O)O)C1. The molecule has 0 bridgehead atoms. The highest BCUT2D eigenvalue weighted by Gasteiger charge is 2.55. The van der Waals surface area contributed by atoms with Crippen molar-refractivity contribution < 1.29 is 32.6 Å². The predicted molar refractivity (Wildman–Crippen MR) is 79.1 cm³/mol. The summed E-state index contributed by atoms with van der Waals surface area (Å²) >= 11 is 0. The summed E-state index contributed by atoms with van der Waals surface area (Å²) < 4.78 is 41.2. The van der Waals surface area contributed by atoms with Gasteiger partial charge in [0.05, 0.1) is 5.41 Å². The van der Waals surface area contributed by atoms with E-state index in [1.807, 2.05) is 0 Å². The number of rotatable bonds is 4. The number of alkyl halides is 3. The number of halogens is 3. The lowest BCUT2D eigenvalue weighted by Crippen LogP contribution is -2.37. The molecule has 1 amide bonds. The molecule has 1 aromatic rings. The number of hydrogen-bond acceptors (Lipinski definition) is 4. The van der Waals surface area contributed by atoms with Crippen LogP contribution in [-0.2, 0) is 4.79 Å². The molecule has 3 rings (SSSR count). The van der Waals surface area contributed by atoms with Crippen molar-refractivity contribution in [1.29, 1.82) is 0 Å². The number of hydrogen-bond donors (Lipinski definition) is 1. The Morgan fingerprint density at radius 2 is 2.16 bits per heavy atom. The first kappa shape index (κ1) is 17.5. The summed E-state index contributed by atoms with van der Waals surface area (Å²) in [5, 5.41) is 9.55. The van der Waals surface area contributed by atoms with E-state index in [4.69, 9.17) is 0 Å². The van der Waals surface area contributed by atoms with Crippen LogP contribution in [-0.4, -0.2) is 52.7 Å². The number of carbonyl (C=O) groups excluding carboxylic acids is 1. The van der Waals surface area contributed by atoms with E-state index in [1.54, 1.807) is 0 Å². The molecule has 9 heteroatoms. The molecule has 0 aromatic carbocycles. The molecule has 1 aromatic heterocycles. The molecule has 6 nitrogen and oxygen atoms in total. The lowest BCUT2D eigenvalue weighted by Gasteiger charge is -2.23. The van der Waals surface area contributed by atoms with Gasteiger partial charge in [-0.3, -0.25) is 9.59 Å². The largest absolute Gasteiger partial charge is 0.481 e. The van der Waals surface area contributed by atoms with Gasteiger partial charge in [0, 0.05) is 19.2 Å². The van der Waals surface area contributed by atoms with Gasteiger partial charge in [-0.15, -0.1) is 0 Å². The Morgan fingerprint density at radius 1 is 1.40 bits per heavy atom. The first-order valence-corrected chi connectivity index (χ1v) is 7.90. The van der Waals surface area contributed by atoms with Crippen molar-refractivity contribution in [2.75, 3.05) is 19.7 Å². The topological polar surface area (TPSA) is 79.7 Å². The quantitative estimate of drug-likeness (QED) is 0.894. The molecule has 1 aliphatic heterocycles. The highest BCUT2D eigenvalue weighted by atomic mass is 19.4. The minimum Gasteiger partial charge on any atom is -0.481 e. The fourth-order valence-corrected chi connectivity index (χ4v) is 3.73. The highest BCUT2D eigenvalue weighted by Crippen LogP contribution is 2.49. The van der Waals surface area contributed by atoms with Crippen molar-refractivity contribution in [1.82, 2.24) is 9.88 Å². The monoisotopic (exact) mass is 358 g/mol.